The molecule has 4 rings (SSSR count). The van der Waals surface area contributed by atoms with Crippen LogP contribution in [0.2, 0.25) is 0 Å². The summed E-state index contributed by atoms with van der Waals surface area (Å²) >= 11 is 3.02. The zero-order valence-corrected chi connectivity index (χ0v) is 19.4. The lowest BCUT2D eigenvalue weighted by Crippen LogP contribution is -2.25. The Bertz CT molecular complexity index is 907. The van der Waals surface area contributed by atoms with Crippen LogP contribution in [-0.4, -0.2) is 33.2 Å². The number of carbonyl (C=O) groups excluding carboxylic acids is 2. The van der Waals surface area contributed by atoms with Crippen molar-refractivity contribution in [2.24, 2.45) is 0 Å². The van der Waals surface area contributed by atoms with E-state index in [2.05, 4.69) is 10.3 Å². The molecule has 6 nitrogen and oxygen atoms in total. The van der Waals surface area contributed by atoms with E-state index in [-0.39, 0.29) is 16.4 Å². The van der Waals surface area contributed by atoms with Crippen LogP contribution in [0.15, 0.2) is 28.7 Å². The molecule has 0 spiro atoms. The Labute approximate surface area is 191 Å². The summed E-state index contributed by atoms with van der Waals surface area (Å²) in [5.41, 5.74) is 1.96. The van der Waals surface area contributed by atoms with E-state index in [4.69, 9.17) is 9.15 Å². The van der Waals surface area contributed by atoms with Gasteiger partial charge in [-0.05, 0) is 43.9 Å². The van der Waals surface area contributed by atoms with Crippen LogP contribution in [0.1, 0.15) is 55.0 Å². The topological polar surface area (TPSA) is 81.4 Å². The van der Waals surface area contributed by atoms with Gasteiger partial charge in [-0.1, -0.05) is 43.2 Å². The van der Waals surface area contributed by atoms with Gasteiger partial charge in [0.25, 0.3) is 5.24 Å². The van der Waals surface area contributed by atoms with Crippen molar-refractivity contribution in [3.8, 4) is 5.75 Å². The summed E-state index contributed by atoms with van der Waals surface area (Å²) in [5.74, 6) is 3.10. The second-order valence-electron chi connectivity index (χ2n) is 8.01. The summed E-state index contributed by atoms with van der Waals surface area (Å²) in [6.45, 7) is 2.49. The van der Waals surface area contributed by atoms with Crippen molar-refractivity contribution in [2.75, 3.05) is 6.61 Å². The predicted octanol–water partition coefficient (Wildman–Crippen LogP) is 5.06. The fourth-order valence-electron chi connectivity index (χ4n) is 3.93. The van der Waals surface area contributed by atoms with Gasteiger partial charge in [-0.2, -0.15) is 0 Å². The lowest BCUT2D eigenvalue weighted by Gasteiger charge is -2.20. The number of rotatable bonds is 9. The van der Waals surface area contributed by atoms with Crippen LogP contribution >= 0.6 is 23.5 Å². The Morgan fingerprint density at radius 1 is 1.19 bits per heavy atom. The average Bonchev–Trinajstić information content (AvgIpc) is 3.29. The van der Waals surface area contributed by atoms with Gasteiger partial charge in [0.05, 0.1) is 23.3 Å². The highest BCUT2D eigenvalue weighted by Gasteiger charge is 2.31. The Kier molecular flexibility index (Phi) is 7.61. The zero-order chi connectivity index (χ0) is 21.6. The molecule has 1 N–H and O–H groups in total. The maximum absolute atomic E-state index is 11.7. The maximum atomic E-state index is 11.7. The van der Waals surface area contributed by atoms with E-state index in [1.807, 2.05) is 43.0 Å². The molecule has 0 bridgehead atoms. The summed E-state index contributed by atoms with van der Waals surface area (Å²) in [4.78, 5) is 27.6. The summed E-state index contributed by atoms with van der Waals surface area (Å²) in [6, 6.07) is 7.68. The number of carbonyl (C=O) groups is 2. The van der Waals surface area contributed by atoms with Crippen molar-refractivity contribution in [2.45, 2.75) is 68.1 Å². The minimum absolute atomic E-state index is 0.213. The van der Waals surface area contributed by atoms with Crippen LogP contribution in [0.25, 0.3) is 0 Å². The number of amides is 2. The first-order valence-electron chi connectivity index (χ1n) is 10.9. The quantitative estimate of drug-likeness (QED) is 0.560. The minimum Gasteiger partial charge on any atom is -0.493 e. The van der Waals surface area contributed by atoms with Crippen LogP contribution < -0.4 is 10.1 Å². The monoisotopic (exact) mass is 460 g/mol. The SMILES string of the molecule is Cc1oc(CSC2CCCCC2)nc1CCOc1ccc(CC2SC(=O)NC2=O)cc1. The number of imide groups is 1. The Balaban J connectivity index is 1.21. The summed E-state index contributed by atoms with van der Waals surface area (Å²) < 4.78 is 11.7. The van der Waals surface area contributed by atoms with Gasteiger partial charge in [-0.25, -0.2) is 4.98 Å². The van der Waals surface area contributed by atoms with Gasteiger partial charge in [-0.15, -0.1) is 11.8 Å². The van der Waals surface area contributed by atoms with Crippen molar-refractivity contribution >= 4 is 34.7 Å². The molecular formula is C23H28N2O4S2. The molecule has 2 aromatic rings. The molecule has 1 atom stereocenters. The van der Waals surface area contributed by atoms with E-state index >= 15 is 0 Å². The van der Waals surface area contributed by atoms with E-state index in [1.54, 1.807) is 0 Å². The molecule has 1 unspecified atom stereocenters. The third-order valence-electron chi connectivity index (χ3n) is 5.65. The second kappa shape index (κ2) is 10.6. The van der Waals surface area contributed by atoms with Gasteiger partial charge >= 0.3 is 0 Å². The third-order valence-corrected chi connectivity index (χ3v) is 7.99. The summed E-state index contributed by atoms with van der Waals surface area (Å²) in [5, 5.41) is 2.45. The number of aromatic nitrogens is 1. The number of oxazole rings is 1. The molecule has 2 fully saturated rings. The highest BCUT2D eigenvalue weighted by molar-refractivity contribution is 8.15. The summed E-state index contributed by atoms with van der Waals surface area (Å²) in [7, 11) is 0. The fraction of sp³-hybridized carbons (Fsp3) is 0.522. The number of hydrogen-bond donors (Lipinski definition) is 1. The van der Waals surface area contributed by atoms with Crippen LogP contribution in [0.4, 0.5) is 4.79 Å². The predicted molar refractivity (Wildman–Crippen MR) is 124 cm³/mol. The number of nitrogens with zero attached hydrogens (tertiary/aromatic N) is 1. The Hall–Kier alpha value is -1.93. The van der Waals surface area contributed by atoms with Crippen molar-refractivity contribution in [1.29, 1.82) is 0 Å². The number of thioether (sulfide) groups is 2. The number of nitrogens with one attached hydrogen (secondary N) is 1. The molecule has 1 saturated carbocycles. The van der Waals surface area contributed by atoms with Crippen LogP contribution in [0, 0.1) is 6.92 Å². The number of ether oxygens (including phenoxy) is 1. The molecule has 1 aliphatic carbocycles. The van der Waals surface area contributed by atoms with Crippen LogP contribution in [0.3, 0.4) is 0 Å². The van der Waals surface area contributed by atoms with Gasteiger partial charge in [0, 0.05) is 11.7 Å². The molecule has 2 amide bonds. The van der Waals surface area contributed by atoms with Gasteiger partial charge in [0.1, 0.15) is 11.5 Å². The van der Waals surface area contributed by atoms with E-state index in [0.29, 0.717) is 19.4 Å². The standard InChI is InChI=1S/C23H28N2O4S2/c1-15-19(24-21(29-15)14-30-18-5-3-2-4-6-18)11-12-28-17-9-7-16(8-10-17)13-20-22(26)25-23(27)31-20/h7-10,18,20H,2-6,11-14H2,1H3,(H,25,26,27). The molecular weight excluding hydrogens is 432 g/mol. The number of aryl methyl sites for hydroxylation is 1. The normalized spacial score (nSPS) is 19.6. The first-order chi connectivity index (χ1) is 15.1. The third kappa shape index (κ3) is 6.29. The van der Waals surface area contributed by atoms with Gasteiger partial charge in [0.2, 0.25) is 11.8 Å². The van der Waals surface area contributed by atoms with Crippen LogP contribution in [0.5, 0.6) is 5.75 Å². The van der Waals surface area contributed by atoms with Gasteiger partial charge < -0.3 is 9.15 Å². The maximum Gasteiger partial charge on any atom is 0.286 e. The molecule has 1 aromatic heterocycles. The van der Waals surface area contributed by atoms with Gasteiger partial charge in [0.15, 0.2) is 0 Å². The molecule has 166 valence electrons. The van der Waals surface area contributed by atoms with Crippen LogP contribution in [-0.2, 0) is 23.4 Å². The molecule has 8 heteroatoms. The van der Waals surface area contributed by atoms with Crippen molar-refractivity contribution in [3.05, 3.63) is 47.2 Å². The lowest BCUT2D eigenvalue weighted by atomic mass is 10.0. The molecule has 31 heavy (non-hydrogen) atoms. The number of benzene rings is 1. The lowest BCUT2D eigenvalue weighted by molar-refractivity contribution is -0.118. The number of hydrogen-bond acceptors (Lipinski definition) is 7. The van der Waals surface area contributed by atoms with E-state index in [0.717, 1.165) is 51.4 Å². The Morgan fingerprint density at radius 3 is 2.68 bits per heavy atom. The Morgan fingerprint density at radius 2 is 1.97 bits per heavy atom. The highest BCUT2D eigenvalue weighted by Crippen LogP contribution is 2.30. The second-order valence-corrected chi connectivity index (χ2v) is 10.5. The fourth-order valence-corrected chi connectivity index (χ4v) is 5.96. The largest absolute Gasteiger partial charge is 0.493 e. The molecule has 1 saturated heterocycles. The van der Waals surface area contributed by atoms with E-state index in [9.17, 15) is 9.59 Å². The van der Waals surface area contributed by atoms with E-state index in [1.165, 1.54) is 32.1 Å². The van der Waals surface area contributed by atoms with E-state index < -0.39 is 0 Å². The average molecular weight is 461 g/mol. The molecule has 1 aliphatic heterocycles. The minimum atomic E-state index is -0.347. The zero-order valence-electron chi connectivity index (χ0n) is 17.7. The molecule has 2 aliphatic rings. The molecule has 0 radical (unpaired) electrons. The smallest absolute Gasteiger partial charge is 0.286 e. The van der Waals surface area contributed by atoms with Gasteiger partial charge in [-0.3, -0.25) is 14.9 Å². The van der Waals surface area contributed by atoms with Crippen molar-refractivity contribution < 1.29 is 18.7 Å². The van der Waals surface area contributed by atoms with Crippen molar-refractivity contribution in [1.82, 2.24) is 10.3 Å². The van der Waals surface area contributed by atoms with Crippen molar-refractivity contribution in [3.63, 3.8) is 0 Å². The summed E-state index contributed by atoms with van der Waals surface area (Å²) in [6.07, 6.45) is 7.93. The first kappa shape index (κ1) is 22.3. The highest BCUT2D eigenvalue weighted by atomic mass is 32.2. The molecule has 2 heterocycles. The first-order valence-corrected chi connectivity index (χ1v) is 12.8. The molecule has 1 aromatic carbocycles.